The Hall–Kier alpha value is -3.41. The Morgan fingerprint density at radius 1 is 1.18 bits per heavy atom. The van der Waals surface area contributed by atoms with E-state index in [4.69, 9.17) is 0 Å². The molecule has 4 aromatic rings. The number of aromatic amines is 2. The Balaban J connectivity index is 1.45. The molecular formula is C22H21N5O. The van der Waals surface area contributed by atoms with Crippen LogP contribution in [0.15, 0.2) is 42.7 Å². The molecule has 28 heavy (non-hydrogen) atoms. The molecule has 1 aliphatic heterocycles. The summed E-state index contributed by atoms with van der Waals surface area (Å²) in [6.45, 7) is 5.46. The molecule has 140 valence electrons. The van der Waals surface area contributed by atoms with Crippen molar-refractivity contribution in [1.82, 2.24) is 25.1 Å². The Morgan fingerprint density at radius 3 is 2.86 bits per heavy atom. The average Bonchev–Trinajstić information content (AvgIpc) is 3.31. The number of hydrogen-bond donors (Lipinski definition) is 2. The SMILES string of the molecule is Cc1cc2cc(-c3n[nH]c4c3CCN(C(=O)c3cccnc3)C4)[nH]c2cc1C. The Labute approximate surface area is 162 Å². The number of carbonyl (C=O) groups excluding carboxylic acids is 1. The van der Waals surface area contributed by atoms with Gasteiger partial charge in [-0.3, -0.25) is 14.9 Å². The van der Waals surface area contributed by atoms with Gasteiger partial charge in [0.1, 0.15) is 5.69 Å². The van der Waals surface area contributed by atoms with Crippen molar-refractivity contribution in [2.24, 2.45) is 0 Å². The van der Waals surface area contributed by atoms with Crippen molar-refractivity contribution >= 4 is 16.8 Å². The van der Waals surface area contributed by atoms with Gasteiger partial charge in [0.15, 0.2) is 0 Å². The highest BCUT2D eigenvalue weighted by Gasteiger charge is 2.26. The number of aryl methyl sites for hydroxylation is 2. The summed E-state index contributed by atoms with van der Waals surface area (Å²) in [6, 6.07) is 10.1. The number of benzene rings is 1. The zero-order valence-electron chi connectivity index (χ0n) is 15.9. The third-order valence-electron chi connectivity index (χ3n) is 5.62. The summed E-state index contributed by atoms with van der Waals surface area (Å²) in [6.07, 6.45) is 4.07. The second kappa shape index (κ2) is 6.34. The van der Waals surface area contributed by atoms with Gasteiger partial charge in [0, 0.05) is 35.4 Å². The van der Waals surface area contributed by atoms with Crippen LogP contribution < -0.4 is 0 Å². The molecule has 2 N–H and O–H groups in total. The van der Waals surface area contributed by atoms with Crippen LogP contribution in [0.25, 0.3) is 22.3 Å². The van der Waals surface area contributed by atoms with Crippen molar-refractivity contribution in [3.63, 3.8) is 0 Å². The highest BCUT2D eigenvalue weighted by Crippen LogP contribution is 2.31. The van der Waals surface area contributed by atoms with E-state index in [1.54, 1.807) is 24.5 Å². The monoisotopic (exact) mass is 371 g/mol. The lowest BCUT2D eigenvalue weighted by Crippen LogP contribution is -2.36. The zero-order valence-corrected chi connectivity index (χ0v) is 15.9. The third kappa shape index (κ3) is 2.69. The van der Waals surface area contributed by atoms with Crippen LogP contribution in [-0.2, 0) is 13.0 Å². The summed E-state index contributed by atoms with van der Waals surface area (Å²) in [5, 5.41) is 8.91. The minimum atomic E-state index is 0.00598. The van der Waals surface area contributed by atoms with Gasteiger partial charge in [-0.15, -0.1) is 0 Å². The number of amides is 1. The first-order valence-corrected chi connectivity index (χ1v) is 9.46. The number of hydrogen-bond acceptors (Lipinski definition) is 3. The number of pyridine rings is 1. The largest absolute Gasteiger partial charge is 0.353 e. The van der Waals surface area contributed by atoms with Gasteiger partial charge in [-0.25, -0.2) is 0 Å². The van der Waals surface area contributed by atoms with E-state index in [0.29, 0.717) is 18.7 Å². The summed E-state index contributed by atoms with van der Waals surface area (Å²) in [5.41, 5.74) is 8.46. The van der Waals surface area contributed by atoms with Gasteiger partial charge in [0.25, 0.3) is 5.91 Å². The van der Waals surface area contributed by atoms with Gasteiger partial charge in [-0.05, 0) is 61.7 Å². The van der Waals surface area contributed by atoms with Crippen molar-refractivity contribution in [3.8, 4) is 11.4 Å². The van der Waals surface area contributed by atoms with Gasteiger partial charge >= 0.3 is 0 Å². The maximum atomic E-state index is 12.7. The molecule has 0 aliphatic carbocycles. The molecule has 3 aromatic heterocycles. The third-order valence-corrected chi connectivity index (χ3v) is 5.62. The molecule has 0 fully saturated rings. The number of rotatable bonds is 2. The molecule has 0 spiro atoms. The van der Waals surface area contributed by atoms with Crippen LogP contribution >= 0.6 is 0 Å². The fourth-order valence-corrected chi connectivity index (χ4v) is 3.92. The van der Waals surface area contributed by atoms with E-state index in [0.717, 1.165) is 29.0 Å². The summed E-state index contributed by atoms with van der Waals surface area (Å²) >= 11 is 0. The summed E-state index contributed by atoms with van der Waals surface area (Å²) in [7, 11) is 0. The van der Waals surface area contributed by atoms with Gasteiger partial charge in [0.05, 0.1) is 23.5 Å². The lowest BCUT2D eigenvalue weighted by molar-refractivity contribution is 0.0732. The topological polar surface area (TPSA) is 77.7 Å². The van der Waals surface area contributed by atoms with Crippen LogP contribution in [0.2, 0.25) is 0 Å². The molecule has 0 radical (unpaired) electrons. The Kier molecular flexibility index (Phi) is 3.79. The van der Waals surface area contributed by atoms with Crippen LogP contribution in [0.1, 0.15) is 32.7 Å². The molecule has 0 atom stereocenters. The van der Waals surface area contributed by atoms with Crippen molar-refractivity contribution in [3.05, 3.63) is 70.7 Å². The van der Waals surface area contributed by atoms with E-state index in [-0.39, 0.29) is 5.91 Å². The smallest absolute Gasteiger partial charge is 0.255 e. The van der Waals surface area contributed by atoms with Crippen molar-refractivity contribution < 1.29 is 4.79 Å². The molecule has 5 rings (SSSR count). The molecule has 0 saturated carbocycles. The zero-order chi connectivity index (χ0) is 19.3. The maximum Gasteiger partial charge on any atom is 0.255 e. The first-order valence-electron chi connectivity index (χ1n) is 9.46. The molecule has 1 amide bonds. The van der Waals surface area contributed by atoms with Crippen molar-refractivity contribution in [2.75, 3.05) is 6.54 Å². The quantitative estimate of drug-likeness (QED) is 0.563. The second-order valence-corrected chi connectivity index (χ2v) is 7.45. The molecule has 1 aliphatic rings. The number of fused-ring (bicyclic) bond motifs is 2. The van der Waals surface area contributed by atoms with Crippen molar-refractivity contribution in [2.45, 2.75) is 26.8 Å². The van der Waals surface area contributed by atoms with E-state index < -0.39 is 0 Å². The number of H-pyrrole nitrogens is 2. The number of nitrogens with one attached hydrogen (secondary N) is 2. The van der Waals surface area contributed by atoms with E-state index in [1.165, 1.54) is 22.1 Å². The summed E-state index contributed by atoms with van der Waals surface area (Å²) in [5.74, 6) is 0.00598. The van der Waals surface area contributed by atoms with E-state index in [1.807, 2.05) is 4.90 Å². The average molecular weight is 371 g/mol. The number of carbonyl (C=O) groups is 1. The van der Waals surface area contributed by atoms with Gasteiger partial charge in [-0.1, -0.05) is 0 Å². The molecule has 1 aromatic carbocycles. The summed E-state index contributed by atoms with van der Waals surface area (Å²) in [4.78, 5) is 22.1. The van der Waals surface area contributed by atoms with Gasteiger partial charge < -0.3 is 9.88 Å². The van der Waals surface area contributed by atoms with Gasteiger partial charge in [-0.2, -0.15) is 5.10 Å². The van der Waals surface area contributed by atoms with Crippen LogP contribution in [0.4, 0.5) is 0 Å². The van der Waals surface area contributed by atoms with Crippen LogP contribution in [0.3, 0.4) is 0 Å². The Bertz CT molecular complexity index is 1150. The number of nitrogens with zero attached hydrogens (tertiary/aromatic N) is 3. The minimum absolute atomic E-state index is 0.00598. The predicted octanol–water partition coefficient (Wildman–Crippen LogP) is 3.77. The molecule has 0 bridgehead atoms. The van der Waals surface area contributed by atoms with Gasteiger partial charge in [0.2, 0.25) is 0 Å². The van der Waals surface area contributed by atoms with E-state index >= 15 is 0 Å². The lowest BCUT2D eigenvalue weighted by Gasteiger charge is -2.26. The molecule has 0 saturated heterocycles. The lowest BCUT2D eigenvalue weighted by atomic mass is 10.0. The van der Waals surface area contributed by atoms with E-state index in [2.05, 4.69) is 52.2 Å². The molecular weight excluding hydrogens is 350 g/mol. The summed E-state index contributed by atoms with van der Waals surface area (Å²) < 4.78 is 0. The molecule has 4 heterocycles. The first kappa shape index (κ1) is 16.7. The molecule has 6 nitrogen and oxygen atoms in total. The van der Waals surface area contributed by atoms with Crippen molar-refractivity contribution in [1.29, 1.82) is 0 Å². The Morgan fingerprint density at radius 2 is 2.04 bits per heavy atom. The normalized spacial score (nSPS) is 13.7. The maximum absolute atomic E-state index is 12.7. The predicted molar refractivity (Wildman–Crippen MR) is 108 cm³/mol. The van der Waals surface area contributed by atoms with Crippen LogP contribution in [0.5, 0.6) is 0 Å². The van der Waals surface area contributed by atoms with Crippen LogP contribution in [0, 0.1) is 13.8 Å². The highest BCUT2D eigenvalue weighted by molar-refractivity contribution is 5.94. The standard InChI is InChI=1S/C22H21N5O/c1-13-8-16-10-19(24-18(16)9-14(13)2)21-17-5-7-27(12-20(17)25-26-21)22(28)15-4-3-6-23-11-15/h3-4,6,8-11,24H,5,7,12H2,1-2H3,(H,25,26). The fourth-order valence-electron chi connectivity index (χ4n) is 3.92. The molecule has 0 unspecified atom stereocenters. The second-order valence-electron chi connectivity index (χ2n) is 7.45. The highest BCUT2D eigenvalue weighted by atomic mass is 16.2. The van der Waals surface area contributed by atoms with E-state index in [9.17, 15) is 4.79 Å². The minimum Gasteiger partial charge on any atom is -0.353 e. The first-order chi connectivity index (χ1) is 13.6. The molecule has 6 heteroatoms. The number of aromatic nitrogens is 4. The van der Waals surface area contributed by atoms with Crippen LogP contribution in [-0.4, -0.2) is 37.5 Å². The fraction of sp³-hybridized carbons (Fsp3) is 0.227.